The topological polar surface area (TPSA) is 91.2 Å². The summed E-state index contributed by atoms with van der Waals surface area (Å²) in [5.74, 6) is 1.59. The van der Waals surface area contributed by atoms with Crippen LogP contribution in [0.3, 0.4) is 0 Å². The van der Waals surface area contributed by atoms with Crippen molar-refractivity contribution in [1.29, 1.82) is 0 Å². The molecule has 0 bridgehead atoms. The Morgan fingerprint density at radius 2 is 2.06 bits per heavy atom. The minimum atomic E-state index is -0.171. The molecule has 1 aromatic carbocycles. The average molecular weight is 459 g/mol. The maximum absolute atomic E-state index is 13.2. The summed E-state index contributed by atoms with van der Waals surface area (Å²) in [6.07, 6.45) is 5.14. The second-order valence-electron chi connectivity index (χ2n) is 9.68. The van der Waals surface area contributed by atoms with Crippen LogP contribution < -0.4 is 5.73 Å². The van der Waals surface area contributed by atoms with Gasteiger partial charge in [0.25, 0.3) is 5.91 Å². The first kappa shape index (κ1) is 21.3. The molecule has 6 rings (SSSR count). The van der Waals surface area contributed by atoms with Crippen molar-refractivity contribution in [3.63, 3.8) is 0 Å². The van der Waals surface area contributed by atoms with Gasteiger partial charge in [-0.2, -0.15) is 0 Å². The van der Waals surface area contributed by atoms with Gasteiger partial charge < -0.3 is 24.5 Å². The third-order valence-corrected chi connectivity index (χ3v) is 7.33. The number of carbonyl (C=O) groups excluding carboxylic acids is 1. The summed E-state index contributed by atoms with van der Waals surface area (Å²) in [6.45, 7) is 2.10. The van der Waals surface area contributed by atoms with Crippen molar-refractivity contribution >= 4 is 28.0 Å². The standard InChI is InChI=1S/C26H30N6O2/c1-30-21-8-7-18(26(33)31-11-9-23(34-2)19(27)15-31)12-20(21)29-25(30)22-13-17-4-3-10-28-24(17)32(22)14-16-5-6-16/h3-4,7-8,10,12-13,16,19,23H,5-6,9,11,14-15,27H2,1-2H3. The van der Waals surface area contributed by atoms with Crippen LogP contribution in [0.1, 0.15) is 29.6 Å². The minimum Gasteiger partial charge on any atom is -0.380 e. The number of ether oxygens (including phenoxy) is 1. The lowest BCUT2D eigenvalue weighted by molar-refractivity contribution is 0.0227. The molecule has 3 aromatic heterocycles. The molecule has 1 saturated heterocycles. The number of imidazole rings is 1. The molecule has 0 radical (unpaired) electrons. The minimum absolute atomic E-state index is 0.00163. The number of aryl methyl sites for hydroxylation is 1. The summed E-state index contributed by atoms with van der Waals surface area (Å²) < 4.78 is 9.85. The summed E-state index contributed by atoms with van der Waals surface area (Å²) in [5.41, 5.74) is 10.7. The van der Waals surface area contributed by atoms with Gasteiger partial charge in [0.2, 0.25) is 0 Å². The Bertz CT molecular complexity index is 1380. The number of hydrogen-bond acceptors (Lipinski definition) is 5. The van der Waals surface area contributed by atoms with E-state index in [1.165, 1.54) is 12.8 Å². The van der Waals surface area contributed by atoms with Crippen molar-refractivity contribution in [2.45, 2.75) is 38.0 Å². The highest BCUT2D eigenvalue weighted by Crippen LogP contribution is 2.36. The van der Waals surface area contributed by atoms with Gasteiger partial charge in [0.05, 0.1) is 22.8 Å². The molecule has 1 saturated carbocycles. The molecule has 2 N–H and O–H groups in total. The van der Waals surface area contributed by atoms with Crippen LogP contribution in [-0.2, 0) is 18.3 Å². The summed E-state index contributed by atoms with van der Waals surface area (Å²) in [7, 11) is 3.71. The monoisotopic (exact) mass is 458 g/mol. The zero-order valence-corrected chi connectivity index (χ0v) is 19.6. The number of methoxy groups -OCH3 is 1. The molecular formula is C26H30N6O2. The molecule has 1 aliphatic heterocycles. The van der Waals surface area contributed by atoms with Gasteiger partial charge in [-0.3, -0.25) is 4.79 Å². The van der Waals surface area contributed by atoms with E-state index in [4.69, 9.17) is 15.5 Å². The Labute approximate surface area is 198 Å². The lowest BCUT2D eigenvalue weighted by Crippen LogP contribution is -2.53. The van der Waals surface area contributed by atoms with Gasteiger partial charge in [-0.25, -0.2) is 9.97 Å². The third kappa shape index (κ3) is 3.58. The second-order valence-corrected chi connectivity index (χ2v) is 9.68. The zero-order chi connectivity index (χ0) is 23.4. The van der Waals surface area contributed by atoms with Gasteiger partial charge >= 0.3 is 0 Å². The van der Waals surface area contributed by atoms with Crippen LogP contribution in [0.15, 0.2) is 42.6 Å². The Kier molecular flexibility index (Phi) is 5.15. The average Bonchev–Trinajstić information content (AvgIpc) is 3.52. The van der Waals surface area contributed by atoms with E-state index in [-0.39, 0.29) is 18.1 Å². The van der Waals surface area contributed by atoms with Crippen molar-refractivity contribution in [2.24, 2.45) is 18.7 Å². The molecule has 2 unspecified atom stereocenters. The van der Waals surface area contributed by atoms with Gasteiger partial charge in [0, 0.05) is 57.0 Å². The number of rotatable bonds is 5. The Morgan fingerprint density at radius 1 is 1.21 bits per heavy atom. The highest BCUT2D eigenvalue weighted by atomic mass is 16.5. The maximum atomic E-state index is 13.2. The highest BCUT2D eigenvalue weighted by Gasteiger charge is 2.30. The summed E-state index contributed by atoms with van der Waals surface area (Å²) in [5, 5.41) is 1.12. The lowest BCUT2D eigenvalue weighted by Gasteiger charge is -2.35. The molecular weight excluding hydrogens is 428 g/mol. The van der Waals surface area contributed by atoms with E-state index < -0.39 is 0 Å². The van der Waals surface area contributed by atoms with E-state index in [2.05, 4.69) is 26.3 Å². The van der Waals surface area contributed by atoms with E-state index in [0.29, 0.717) is 24.6 Å². The van der Waals surface area contributed by atoms with E-state index in [0.717, 1.165) is 46.6 Å². The number of hydrogen-bond donors (Lipinski definition) is 1. The Hall–Kier alpha value is -3.23. The zero-order valence-electron chi connectivity index (χ0n) is 19.6. The predicted octanol–water partition coefficient (Wildman–Crippen LogP) is 3.19. The molecule has 1 aliphatic carbocycles. The predicted molar refractivity (Wildman–Crippen MR) is 131 cm³/mol. The quantitative estimate of drug-likeness (QED) is 0.496. The molecule has 4 heterocycles. The van der Waals surface area contributed by atoms with Crippen LogP contribution in [0.2, 0.25) is 0 Å². The van der Waals surface area contributed by atoms with Gasteiger partial charge in [-0.15, -0.1) is 0 Å². The number of aromatic nitrogens is 4. The number of likely N-dealkylation sites (tertiary alicyclic amines) is 1. The number of carbonyl (C=O) groups is 1. The van der Waals surface area contributed by atoms with Crippen molar-refractivity contribution in [1.82, 2.24) is 24.0 Å². The van der Waals surface area contributed by atoms with Gasteiger partial charge in [0.15, 0.2) is 5.82 Å². The van der Waals surface area contributed by atoms with Gasteiger partial charge in [0.1, 0.15) is 5.65 Å². The third-order valence-electron chi connectivity index (χ3n) is 7.33. The smallest absolute Gasteiger partial charge is 0.253 e. The fourth-order valence-corrected chi connectivity index (χ4v) is 5.20. The van der Waals surface area contributed by atoms with E-state index in [1.54, 1.807) is 7.11 Å². The van der Waals surface area contributed by atoms with E-state index in [1.807, 2.05) is 42.4 Å². The number of pyridine rings is 1. The first-order chi connectivity index (χ1) is 16.5. The number of fused-ring (bicyclic) bond motifs is 2. The number of benzene rings is 1. The normalized spacial score (nSPS) is 21.0. The van der Waals surface area contributed by atoms with Gasteiger partial charge in [-0.1, -0.05) is 0 Å². The van der Waals surface area contributed by atoms with Crippen molar-refractivity contribution < 1.29 is 9.53 Å². The lowest BCUT2D eigenvalue weighted by atomic mass is 10.0. The number of nitrogens with two attached hydrogens (primary N) is 1. The van der Waals surface area contributed by atoms with Gasteiger partial charge in [-0.05, 0) is 61.6 Å². The molecule has 176 valence electrons. The van der Waals surface area contributed by atoms with Crippen LogP contribution in [0.25, 0.3) is 33.6 Å². The fraction of sp³-hybridized carbons (Fsp3) is 0.423. The van der Waals surface area contributed by atoms with Crippen LogP contribution in [0.5, 0.6) is 0 Å². The molecule has 4 aromatic rings. The highest BCUT2D eigenvalue weighted by molar-refractivity contribution is 5.98. The molecule has 8 nitrogen and oxygen atoms in total. The fourth-order valence-electron chi connectivity index (χ4n) is 5.20. The van der Waals surface area contributed by atoms with E-state index >= 15 is 0 Å². The second kappa shape index (κ2) is 8.21. The largest absolute Gasteiger partial charge is 0.380 e. The molecule has 1 amide bonds. The van der Waals surface area contributed by atoms with Crippen LogP contribution in [-0.4, -0.2) is 62.3 Å². The van der Waals surface area contributed by atoms with E-state index in [9.17, 15) is 4.79 Å². The molecule has 2 aliphatic rings. The molecule has 2 atom stereocenters. The Balaban J connectivity index is 1.36. The molecule has 2 fully saturated rings. The molecule has 8 heteroatoms. The molecule has 0 spiro atoms. The molecule has 34 heavy (non-hydrogen) atoms. The van der Waals surface area contributed by atoms with Crippen LogP contribution in [0.4, 0.5) is 0 Å². The Morgan fingerprint density at radius 3 is 2.82 bits per heavy atom. The summed E-state index contributed by atoms with van der Waals surface area (Å²) in [4.78, 5) is 24.7. The number of piperidine rings is 1. The van der Waals surface area contributed by atoms with Crippen molar-refractivity contribution in [3.8, 4) is 11.5 Å². The number of nitrogens with zero attached hydrogens (tertiary/aromatic N) is 5. The van der Waals surface area contributed by atoms with Crippen molar-refractivity contribution in [2.75, 3.05) is 20.2 Å². The first-order valence-electron chi connectivity index (χ1n) is 12.0. The first-order valence-corrected chi connectivity index (χ1v) is 12.0. The number of amides is 1. The van der Waals surface area contributed by atoms with Crippen LogP contribution >= 0.6 is 0 Å². The van der Waals surface area contributed by atoms with Crippen LogP contribution in [0, 0.1) is 5.92 Å². The van der Waals surface area contributed by atoms with Crippen molar-refractivity contribution in [3.05, 3.63) is 48.2 Å². The summed E-state index contributed by atoms with van der Waals surface area (Å²) in [6, 6.07) is 11.9. The maximum Gasteiger partial charge on any atom is 0.253 e. The summed E-state index contributed by atoms with van der Waals surface area (Å²) >= 11 is 0. The SMILES string of the molecule is COC1CCN(C(=O)c2ccc3c(c2)nc(-c2cc4cccnc4n2CC2CC2)n3C)CC1N.